The summed E-state index contributed by atoms with van der Waals surface area (Å²) in [5, 5.41) is 1.45. The molecule has 0 saturated heterocycles. The quantitative estimate of drug-likeness (QED) is 0.347. The molecule has 0 saturated carbocycles. The van der Waals surface area contributed by atoms with Crippen molar-refractivity contribution in [1.82, 2.24) is 0 Å². The minimum Gasteiger partial charge on any atom is -0.463 e. The van der Waals surface area contributed by atoms with Crippen LogP contribution in [0.25, 0.3) is 6.08 Å². The highest BCUT2D eigenvalue weighted by Crippen LogP contribution is 2.13. The number of esters is 1. The predicted octanol–water partition coefficient (Wildman–Crippen LogP) is 2.96. The van der Waals surface area contributed by atoms with Crippen molar-refractivity contribution in [2.24, 2.45) is 4.99 Å². The van der Waals surface area contributed by atoms with E-state index in [4.69, 9.17) is 4.74 Å². The number of hydrogen-bond donors (Lipinski definition) is 0. The second-order valence-electron chi connectivity index (χ2n) is 3.09. The van der Waals surface area contributed by atoms with Crippen molar-refractivity contribution in [1.29, 1.82) is 0 Å². The zero-order chi connectivity index (χ0) is 12.5. The van der Waals surface area contributed by atoms with Gasteiger partial charge < -0.3 is 4.74 Å². The van der Waals surface area contributed by atoms with Gasteiger partial charge in [-0.05, 0) is 30.7 Å². The molecule has 0 aliphatic rings. The van der Waals surface area contributed by atoms with Gasteiger partial charge in [0.25, 0.3) is 0 Å². The number of rotatable bonds is 5. The van der Waals surface area contributed by atoms with Gasteiger partial charge in [-0.15, -0.1) is 0 Å². The molecular formula is C13H13NO2S. The summed E-state index contributed by atoms with van der Waals surface area (Å²) < 4.78 is 4.78. The molecule has 1 aromatic carbocycles. The van der Waals surface area contributed by atoms with Gasteiger partial charge in [0.05, 0.1) is 12.3 Å². The number of benzene rings is 1. The number of aliphatic imine (C=N–C) groups is 1. The van der Waals surface area contributed by atoms with Crippen molar-refractivity contribution in [2.75, 3.05) is 6.61 Å². The molecule has 0 bridgehead atoms. The van der Waals surface area contributed by atoms with Crippen LogP contribution in [-0.4, -0.2) is 24.2 Å². The summed E-state index contributed by atoms with van der Waals surface area (Å²) in [6.45, 7) is 2.16. The average molecular weight is 247 g/mol. The number of carbonyl (C=O) groups is 1. The molecule has 0 unspecified atom stereocenters. The molecule has 0 radical (unpaired) electrons. The fourth-order valence-electron chi connectivity index (χ4n) is 1.14. The van der Waals surface area contributed by atoms with E-state index in [1.807, 2.05) is 24.3 Å². The minimum atomic E-state index is -0.338. The smallest absolute Gasteiger partial charge is 0.330 e. The van der Waals surface area contributed by atoms with Gasteiger partial charge in [0, 0.05) is 17.7 Å². The molecule has 0 fully saturated rings. The van der Waals surface area contributed by atoms with Crippen molar-refractivity contribution < 1.29 is 9.53 Å². The largest absolute Gasteiger partial charge is 0.463 e. The van der Waals surface area contributed by atoms with Gasteiger partial charge in [-0.3, -0.25) is 4.99 Å². The zero-order valence-corrected chi connectivity index (χ0v) is 10.3. The molecule has 0 aromatic heterocycles. The van der Waals surface area contributed by atoms with Crippen molar-refractivity contribution in [2.45, 2.75) is 6.92 Å². The van der Waals surface area contributed by atoms with Crippen LogP contribution in [0.2, 0.25) is 0 Å². The summed E-state index contributed by atoms with van der Waals surface area (Å²) in [5.74, 6) is -0.338. The summed E-state index contributed by atoms with van der Waals surface area (Å²) in [4.78, 5) is 15.2. The Morgan fingerprint density at radius 2 is 2.12 bits per heavy atom. The normalized spacial score (nSPS) is 10.9. The highest BCUT2D eigenvalue weighted by Gasteiger charge is 1.94. The van der Waals surface area contributed by atoms with Crippen LogP contribution in [0.5, 0.6) is 0 Å². The lowest BCUT2D eigenvalue weighted by Crippen LogP contribution is -1.98. The van der Waals surface area contributed by atoms with E-state index in [0.717, 1.165) is 11.3 Å². The van der Waals surface area contributed by atoms with Gasteiger partial charge in [-0.1, -0.05) is 24.4 Å². The van der Waals surface area contributed by atoms with Gasteiger partial charge in [0.15, 0.2) is 0 Å². The summed E-state index contributed by atoms with van der Waals surface area (Å²) in [7, 11) is 0. The van der Waals surface area contributed by atoms with E-state index in [1.54, 1.807) is 19.2 Å². The van der Waals surface area contributed by atoms with Gasteiger partial charge in [-0.25, -0.2) is 4.79 Å². The van der Waals surface area contributed by atoms with Crippen LogP contribution in [0, 0.1) is 0 Å². The van der Waals surface area contributed by atoms with Crippen molar-refractivity contribution >= 4 is 41.5 Å². The standard InChI is InChI=1S/C13H13NO2S/c1-2-16-13(15)8-5-11-3-6-12(7-4-11)14-9-10-17/h3-10H,2H2,1H3. The maximum absolute atomic E-state index is 11.1. The Balaban J connectivity index is 2.65. The van der Waals surface area contributed by atoms with Crippen LogP contribution in [0.4, 0.5) is 5.69 Å². The number of ether oxygens (including phenoxy) is 1. The highest BCUT2D eigenvalue weighted by atomic mass is 32.1. The van der Waals surface area contributed by atoms with Crippen LogP contribution in [0.3, 0.4) is 0 Å². The molecule has 0 heterocycles. The molecule has 0 N–H and O–H groups in total. The molecule has 88 valence electrons. The summed E-state index contributed by atoms with van der Waals surface area (Å²) in [5.41, 5.74) is 1.73. The van der Waals surface area contributed by atoms with Gasteiger partial charge >= 0.3 is 5.97 Å². The molecule has 17 heavy (non-hydrogen) atoms. The molecule has 4 heteroatoms. The maximum atomic E-state index is 11.1. The van der Waals surface area contributed by atoms with Crippen molar-refractivity contribution in [3.8, 4) is 0 Å². The van der Waals surface area contributed by atoms with E-state index >= 15 is 0 Å². The molecule has 3 nitrogen and oxygen atoms in total. The average Bonchev–Trinajstić information content (AvgIpc) is 2.35. The Labute approximate surface area is 106 Å². The van der Waals surface area contributed by atoms with Crippen LogP contribution in [-0.2, 0) is 9.53 Å². The highest BCUT2D eigenvalue weighted by molar-refractivity contribution is 7.80. The third-order valence-corrected chi connectivity index (χ3v) is 2.00. The lowest BCUT2D eigenvalue weighted by molar-refractivity contribution is -0.137. The fourth-order valence-corrected chi connectivity index (χ4v) is 1.20. The topological polar surface area (TPSA) is 38.7 Å². The van der Waals surface area contributed by atoms with Gasteiger partial charge in [0.1, 0.15) is 0 Å². The van der Waals surface area contributed by atoms with E-state index in [9.17, 15) is 4.79 Å². The summed E-state index contributed by atoms with van der Waals surface area (Å²) in [6, 6.07) is 7.43. The molecule has 0 amide bonds. The minimum absolute atomic E-state index is 0.338. The monoisotopic (exact) mass is 247 g/mol. The van der Waals surface area contributed by atoms with Crippen LogP contribution in [0.1, 0.15) is 12.5 Å². The first kappa shape index (κ1) is 13.3. The number of carbonyl (C=O) groups excluding carboxylic acids is 1. The third-order valence-electron chi connectivity index (χ3n) is 1.88. The van der Waals surface area contributed by atoms with Crippen molar-refractivity contribution in [3.63, 3.8) is 0 Å². The molecule has 0 aliphatic carbocycles. The summed E-state index contributed by atoms with van der Waals surface area (Å²) in [6.07, 6.45) is 4.66. The van der Waals surface area contributed by atoms with Crippen LogP contribution < -0.4 is 0 Å². The molecule has 0 spiro atoms. The van der Waals surface area contributed by atoms with E-state index in [-0.39, 0.29) is 5.97 Å². The lowest BCUT2D eigenvalue weighted by Gasteiger charge is -1.96. The van der Waals surface area contributed by atoms with Gasteiger partial charge in [0.2, 0.25) is 0 Å². The predicted molar refractivity (Wildman–Crippen MR) is 73.9 cm³/mol. The Bertz CT molecular complexity index is 435. The molecule has 0 atom stereocenters. The second-order valence-corrected chi connectivity index (χ2v) is 3.36. The Hall–Kier alpha value is -1.81. The molecule has 1 rings (SSSR count). The molecule has 1 aromatic rings. The number of thiocarbonyl (C=S) groups is 1. The first-order valence-corrected chi connectivity index (χ1v) is 5.66. The van der Waals surface area contributed by atoms with E-state index in [1.165, 1.54) is 11.4 Å². The third kappa shape index (κ3) is 5.17. The lowest BCUT2D eigenvalue weighted by atomic mass is 10.2. The molecular weight excluding hydrogens is 234 g/mol. The maximum Gasteiger partial charge on any atom is 0.330 e. The Kier molecular flexibility index (Phi) is 5.82. The van der Waals surface area contributed by atoms with E-state index in [2.05, 4.69) is 17.2 Å². The summed E-state index contributed by atoms with van der Waals surface area (Å²) >= 11 is 4.64. The fraction of sp³-hybridized carbons (Fsp3) is 0.154. The van der Waals surface area contributed by atoms with Crippen molar-refractivity contribution in [3.05, 3.63) is 35.9 Å². The molecule has 0 aliphatic heterocycles. The van der Waals surface area contributed by atoms with Crippen LogP contribution >= 0.6 is 12.2 Å². The Morgan fingerprint density at radius 1 is 1.41 bits per heavy atom. The van der Waals surface area contributed by atoms with Crippen LogP contribution in [0.15, 0.2) is 35.3 Å². The van der Waals surface area contributed by atoms with E-state index in [0.29, 0.717) is 6.61 Å². The van der Waals surface area contributed by atoms with Gasteiger partial charge in [-0.2, -0.15) is 0 Å². The zero-order valence-electron chi connectivity index (χ0n) is 9.50. The second kappa shape index (κ2) is 7.46. The van der Waals surface area contributed by atoms with E-state index < -0.39 is 0 Å². The Morgan fingerprint density at radius 3 is 2.71 bits per heavy atom. The first-order valence-electron chi connectivity index (χ1n) is 5.19. The number of hydrogen-bond acceptors (Lipinski definition) is 4. The first-order chi connectivity index (χ1) is 8.26. The SMILES string of the molecule is CCOC(=O)C=Cc1ccc(N=CC=S)cc1. The number of nitrogens with zero attached hydrogens (tertiary/aromatic N) is 1.